The van der Waals surface area contributed by atoms with Crippen LogP contribution in [0.1, 0.15) is 39.2 Å². The molecule has 5 nitrogen and oxygen atoms in total. The quantitative estimate of drug-likeness (QED) is 0.708. The van der Waals surface area contributed by atoms with Gasteiger partial charge in [0.2, 0.25) is 10.0 Å². The number of allylic oxidation sites excluding steroid dienone is 1. The van der Waals surface area contributed by atoms with Crippen molar-refractivity contribution in [2.45, 2.75) is 57.5 Å². The summed E-state index contributed by atoms with van der Waals surface area (Å²) >= 11 is 0. The summed E-state index contributed by atoms with van der Waals surface area (Å²) in [7, 11) is -1.45. The maximum Gasteiger partial charge on any atom is 0.216 e. The molecule has 0 radical (unpaired) electrons. The van der Waals surface area contributed by atoms with Gasteiger partial charge in [-0.25, -0.2) is 17.2 Å². The standard InChI is InChI=1S/C22H31F2N3O2S/c1-15(2)30(28,29)26-11-10-19(14-26)27(13-17-6-5-7-20(23)22(17)24)18-8-9-21(25-4)16(3)12-18/h5-8,12,15,19,21,25H,9-11,13-14H2,1-4H3/t19-,21?/m0/s1. The Morgan fingerprint density at radius 2 is 2.03 bits per heavy atom. The van der Waals surface area contributed by atoms with Crippen LogP contribution in [-0.2, 0) is 16.6 Å². The number of hydrogen-bond acceptors (Lipinski definition) is 4. The van der Waals surface area contributed by atoms with Crippen LogP contribution in [0.3, 0.4) is 0 Å². The van der Waals surface area contributed by atoms with Crippen molar-refractivity contribution in [2.24, 2.45) is 0 Å². The van der Waals surface area contributed by atoms with E-state index in [0.29, 0.717) is 19.5 Å². The normalized spacial score (nSPS) is 22.9. The molecular formula is C22H31F2N3O2S. The summed E-state index contributed by atoms with van der Waals surface area (Å²) in [6.07, 6.45) is 5.58. The number of nitrogens with zero attached hydrogens (tertiary/aromatic N) is 2. The highest BCUT2D eigenvalue weighted by Crippen LogP contribution is 2.30. The Morgan fingerprint density at radius 3 is 2.67 bits per heavy atom. The minimum Gasteiger partial charge on any atom is -0.363 e. The topological polar surface area (TPSA) is 52.6 Å². The molecule has 1 aromatic carbocycles. The first-order valence-electron chi connectivity index (χ1n) is 10.4. The first-order valence-corrected chi connectivity index (χ1v) is 11.9. The van der Waals surface area contributed by atoms with Crippen LogP contribution in [0.4, 0.5) is 8.78 Å². The van der Waals surface area contributed by atoms with E-state index in [0.717, 1.165) is 23.8 Å². The van der Waals surface area contributed by atoms with Gasteiger partial charge in [0.25, 0.3) is 0 Å². The molecule has 2 atom stereocenters. The maximum absolute atomic E-state index is 14.4. The SMILES string of the molecule is CNC1CC=C(N(Cc2cccc(F)c2F)[C@H]2CCN(S(=O)(=O)C(C)C)C2)C=C1C. The van der Waals surface area contributed by atoms with Gasteiger partial charge in [-0.2, -0.15) is 4.31 Å². The predicted molar refractivity (Wildman–Crippen MR) is 115 cm³/mol. The van der Waals surface area contributed by atoms with Gasteiger partial charge < -0.3 is 10.2 Å². The van der Waals surface area contributed by atoms with Crippen molar-refractivity contribution in [3.63, 3.8) is 0 Å². The van der Waals surface area contributed by atoms with Crippen LogP contribution >= 0.6 is 0 Å². The van der Waals surface area contributed by atoms with Crippen molar-refractivity contribution in [1.82, 2.24) is 14.5 Å². The van der Waals surface area contributed by atoms with Crippen molar-refractivity contribution < 1.29 is 17.2 Å². The Labute approximate surface area is 178 Å². The molecule has 1 aromatic rings. The third-order valence-electron chi connectivity index (χ3n) is 6.06. The van der Waals surface area contributed by atoms with Gasteiger partial charge in [0.15, 0.2) is 11.6 Å². The summed E-state index contributed by atoms with van der Waals surface area (Å²) in [4.78, 5) is 2.03. The minimum atomic E-state index is -3.36. The summed E-state index contributed by atoms with van der Waals surface area (Å²) < 4.78 is 55.0. The van der Waals surface area contributed by atoms with Gasteiger partial charge in [0.05, 0.1) is 5.25 Å². The van der Waals surface area contributed by atoms with Crippen LogP contribution in [0, 0.1) is 11.6 Å². The molecule has 0 aromatic heterocycles. The molecule has 1 saturated heterocycles. The molecule has 8 heteroatoms. The summed E-state index contributed by atoms with van der Waals surface area (Å²) in [5.74, 6) is -1.72. The smallest absolute Gasteiger partial charge is 0.216 e. The number of rotatable bonds is 7. The molecular weight excluding hydrogens is 408 g/mol. The zero-order valence-electron chi connectivity index (χ0n) is 18.0. The number of benzene rings is 1. The van der Waals surface area contributed by atoms with E-state index in [4.69, 9.17) is 0 Å². The second-order valence-corrected chi connectivity index (χ2v) is 10.8. The predicted octanol–water partition coefficient (Wildman–Crippen LogP) is 3.40. The molecule has 1 aliphatic carbocycles. The summed E-state index contributed by atoms with van der Waals surface area (Å²) in [6, 6.07) is 4.32. The van der Waals surface area contributed by atoms with E-state index in [9.17, 15) is 17.2 Å². The van der Waals surface area contributed by atoms with Crippen molar-refractivity contribution in [1.29, 1.82) is 0 Å². The molecule has 3 rings (SSSR count). The first-order chi connectivity index (χ1) is 14.1. The molecule has 0 amide bonds. The van der Waals surface area contributed by atoms with Crippen molar-refractivity contribution in [3.8, 4) is 0 Å². The number of nitrogens with one attached hydrogen (secondary N) is 1. The van der Waals surface area contributed by atoms with Gasteiger partial charge in [-0.1, -0.05) is 23.8 Å². The Balaban J connectivity index is 1.91. The molecule has 1 N–H and O–H groups in total. The molecule has 1 unspecified atom stereocenters. The van der Waals surface area contributed by atoms with E-state index in [1.165, 1.54) is 10.4 Å². The highest BCUT2D eigenvalue weighted by molar-refractivity contribution is 7.89. The highest BCUT2D eigenvalue weighted by Gasteiger charge is 2.37. The van der Waals surface area contributed by atoms with Crippen LogP contribution in [0.25, 0.3) is 0 Å². The molecule has 1 fully saturated rings. The molecule has 0 spiro atoms. The Bertz CT molecular complexity index is 944. The Kier molecular flexibility index (Phi) is 6.99. The van der Waals surface area contributed by atoms with Gasteiger partial charge in [0.1, 0.15) is 0 Å². The average molecular weight is 440 g/mol. The largest absolute Gasteiger partial charge is 0.363 e. The number of halogens is 2. The van der Waals surface area contributed by atoms with Crippen LogP contribution < -0.4 is 5.32 Å². The Hall–Kier alpha value is -1.77. The lowest BCUT2D eigenvalue weighted by Gasteiger charge is -2.35. The fourth-order valence-corrected chi connectivity index (χ4v) is 5.48. The molecule has 2 aliphatic rings. The third kappa shape index (κ3) is 4.60. The van der Waals surface area contributed by atoms with E-state index in [2.05, 4.69) is 17.5 Å². The summed E-state index contributed by atoms with van der Waals surface area (Å²) in [5.41, 5.74) is 2.35. The van der Waals surface area contributed by atoms with Crippen LogP contribution in [0.5, 0.6) is 0 Å². The second-order valence-electron chi connectivity index (χ2n) is 8.33. The van der Waals surface area contributed by atoms with Gasteiger partial charge >= 0.3 is 0 Å². The van der Waals surface area contributed by atoms with Gasteiger partial charge in [0, 0.05) is 43.0 Å². The lowest BCUT2D eigenvalue weighted by molar-refractivity contribution is 0.251. The molecule has 30 heavy (non-hydrogen) atoms. The van der Waals surface area contributed by atoms with E-state index >= 15 is 0 Å². The zero-order valence-corrected chi connectivity index (χ0v) is 18.8. The number of sulfonamides is 1. The Morgan fingerprint density at radius 1 is 1.30 bits per heavy atom. The first kappa shape index (κ1) is 22.9. The van der Waals surface area contributed by atoms with Crippen molar-refractivity contribution >= 4 is 10.0 Å². The fourth-order valence-electron chi connectivity index (χ4n) is 4.14. The molecule has 1 heterocycles. The number of likely N-dealkylation sites (N-methyl/N-ethyl adjacent to an activating group) is 1. The molecule has 0 saturated carbocycles. The summed E-state index contributed by atoms with van der Waals surface area (Å²) in [5, 5.41) is 2.77. The van der Waals surface area contributed by atoms with Gasteiger partial charge in [-0.05, 0) is 52.8 Å². The van der Waals surface area contributed by atoms with Crippen molar-refractivity contribution in [3.05, 3.63) is 58.8 Å². The number of hydrogen-bond donors (Lipinski definition) is 1. The summed E-state index contributed by atoms with van der Waals surface area (Å²) in [6.45, 7) is 6.36. The lowest BCUT2D eigenvalue weighted by Crippen LogP contribution is -2.40. The van der Waals surface area contributed by atoms with Gasteiger partial charge in [-0.15, -0.1) is 0 Å². The zero-order chi connectivity index (χ0) is 22.1. The van der Waals surface area contributed by atoms with Crippen LogP contribution in [0.2, 0.25) is 0 Å². The molecule has 166 valence electrons. The molecule has 1 aliphatic heterocycles. The van der Waals surface area contributed by atoms with E-state index in [-0.39, 0.29) is 24.2 Å². The van der Waals surface area contributed by atoms with E-state index in [1.54, 1.807) is 19.9 Å². The van der Waals surface area contributed by atoms with Crippen molar-refractivity contribution in [2.75, 3.05) is 20.1 Å². The fraction of sp³-hybridized carbons (Fsp3) is 0.545. The monoisotopic (exact) mass is 439 g/mol. The second kappa shape index (κ2) is 9.16. The minimum absolute atomic E-state index is 0.109. The lowest BCUT2D eigenvalue weighted by atomic mass is 9.97. The average Bonchev–Trinajstić information content (AvgIpc) is 3.19. The maximum atomic E-state index is 14.4. The third-order valence-corrected chi connectivity index (χ3v) is 8.31. The van der Waals surface area contributed by atoms with E-state index in [1.807, 2.05) is 18.9 Å². The van der Waals surface area contributed by atoms with Crippen LogP contribution in [-0.4, -0.2) is 55.1 Å². The van der Waals surface area contributed by atoms with Crippen LogP contribution in [0.15, 0.2) is 41.6 Å². The molecule has 0 bridgehead atoms. The highest BCUT2D eigenvalue weighted by atomic mass is 32.2. The van der Waals surface area contributed by atoms with E-state index < -0.39 is 26.9 Å². The van der Waals surface area contributed by atoms with Gasteiger partial charge in [-0.3, -0.25) is 0 Å².